The van der Waals surface area contributed by atoms with E-state index in [2.05, 4.69) is 5.32 Å². The molecule has 1 aliphatic heterocycles. The van der Waals surface area contributed by atoms with Crippen LogP contribution in [0, 0.1) is 17.2 Å². The van der Waals surface area contributed by atoms with E-state index in [1.54, 1.807) is 6.07 Å². The smallest absolute Gasteiger partial charge is 0.416 e. The normalized spacial score (nSPS) is 19.0. The van der Waals surface area contributed by atoms with Crippen molar-refractivity contribution in [2.75, 3.05) is 19.7 Å². The summed E-state index contributed by atoms with van der Waals surface area (Å²) in [6, 6.07) is 4.76. The summed E-state index contributed by atoms with van der Waals surface area (Å²) in [4.78, 5) is 0. The van der Waals surface area contributed by atoms with E-state index in [1.165, 1.54) is 6.07 Å². The molecule has 0 aliphatic carbocycles. The van der Waals surface area contributed by atoms with Gasteiger partial charge in [0.15, 0.2) is 0 Å². The number of alkyl halides is 3. The summed E-state index contributed by atoms with van der Waals surface area (Å²) in [7, 11) is 0. The standard InChI is InChI=1S/C15H17F3N2O/c16-15(17,18)13-3-4-14(12(8-13)9-19)21-7-5-11-2-1-6-20-10-11/h3-4,8,11,20H,1-2,5-7,10H2. The van der Waals surface area contributed by atoms with Crippen LogP contribution in [-0.2, 0) is 6.18 Å². The quantitative estimate of drug-likeness (QED) is 0.927. The highest BCUT2D eigenvalue weighted by molar-refractivity contribution is 5.46. The molecule has 0 bridgehead atoms. The van der Waals surface area contributed by atoms with Crippen LogP contribution in [0.3, 0.4) is 0 Å². The fraction of sp³-hybridized carbons (Fsp3) is 0.533. The predicted molar refractivity (Wildman–Crippen MR) is 71.9 cm³/mol. The van der Waals surface area contributed by atoms with Gasteiger partial charge in [-0.25, -0.2) is 0 Å². The molecule has 1 saturated heterocycles. The Hall–Kier alpha value is -1.74. The molecule has 1 N–H and O–H groups in total. The number of piperidine rings is 1. The number of ether oxygens (including phenoxy) is 1. The first-order valence-electron chi connectivity index (χ1n) is 6.95. The lowest BCUT2D eigenvalue weighted by molar-refractivity contribution is -0.137. The molecule has 3 nitrogen and oxygen atoms in total. The molecule has 1 aromatic rings. The third-order valence-corrected chi connectivity index (χ3v) is 3.61. The minimum atomic E-state index is -4.45. The van der Waals surface area contributed by atoms with Crippen LogP contribution in [0.1, 0.15) is 30.4 Å². The molecule has 21 heavy (non-hydrogen) atoms. The van der Waals surface area contributed by atoms with Crippen molar-refractivity contribution in [2.45, 2.75) is 25.4 Å². The number of nitrogens with zero attached hydrogens (tertiary/aromatic N) is 1. The van der Waals surface area contributed by atoms with E-state index in [1.807, 2.05) is 0 Å². The molecule has 0 amide bonds. The lowest BCUT2D eigenvalue weighted by atomic mass is 9.97. The highest BCUT2D eigenvalue weighted by Crippen LogP contribution is 2.32. The fourth-order valence-corrected chi connectivity index (χ4v) is 2.43. The molecule has 0 saturated carbocycles. The number of hydrogen-bond donors (Lipinski definition) is 1. The van der Waals surface area contributed by atoms with E-state index in [-0.39, 0.29) is 11.3 Å². The lowest BCUT2D eigenvalue weighted by Gasteiger charge is -2.22. The van der Waals surface area contributed by atoms with Gasteiger partial charge >= 0.3 is 6.18 Å². The Morgan fingerprint density at radius 1 is 1.38 bits per heavy atom. The Bertz CT molecular complexity index is 517. The van der Waals surface area contributed by atoms with E-state index < -0.39 is 11.7 Å². The first-order chi connectivity index (χ1) is 10.0. The number of nitrogens with one attached hydrogen (secondary N) is 1. The van der Waals surface area contributed by atoms with E-state index in [9.17, 15) is 13.2 Å². The summed E-state index contributed by atoms with van der Waals surface area (Å²) >= 11 is 0. The van der Waals surface area contributed by atoms with Crippen molar-refractivity contribution in [3.8, 4) is 11.8 Å². The maximum absolute atomic E-state index is 12.6. The van der Waals surface area contributed by atoms with Gasteiger partial charge in [-0.05, 0) is 56.5 Å². The van der Waals surface area contributed by atoms with Crippen LogP contribution in [-0.4, -0.2) is 19.7 Å². The number of halogens is 3. The lowest BCUT2D eigenvalue weighted by Crippen LogP contribution is -2.30. The van der Waals surface area contributed by atoms with Gasteiger partial charge in [0.05, 0.1) is 17.7 Å². The van der Waals surface area contributed by atoms with E-state index >= 15 is 0 Å². The van der Waals surface area contributed by atoms with Crippen molar-refractivity contribution in [2.24, 2.45) is 5.92 Å². The molecule has 1 unspecified atom stereocenters. The number of benzene rings is 1. The van der Waals surface area contributed by atoms with E-state index in [4.69, 9.17) is 10.00 Å². The van der Waals surface area contributed by atoms with Crippen molar-refractivity contribution in [1.82, 2.24) is 5.32 Å². The Morgan fingerprint density at radius 2 is 2.19 bits per heavy atom. The van der Waals surface area contributed by atoms with Crippen molar-refractivity contribution in [3.63, 3.8) is 0 Å². The van der Waals surface area contributed by atoms with Gasteiger partial charge in [0, 0.05) is 0 Å². The summed E-state index contributed by atoms with van der Waals surface area (Å²) < 4.78 is 43.2. The van der Waals surface area contributed by atoms with Crippen molar-refractivity contribution >= 4 is 0 Å². The topological polar surface area (TPSA) is 45.0 Å². The maximum Gasteiger partial charge on any atom is 0.416 e. The van der Waals surface area contributed by atoms with E-state index in [0.29, 0.717) is 12.5 Å². The second-order valence-electron chi connectivity index (χ2n) is 5.17. The van der Waals surface area contributed by atoms with Crippen LogP contribution in [0.4, 0.5) is 13.2 Å². The number of rotatable bonds is 4. The maximum atomic E-state index is 12.6. The number of hydrogen-bond acceptors (Lipinski definition) is 3. The summed E-state index contributed by atoms with van der Waals surface area (Å²) in [5, 5.41) is 12.2. The van der Waals surface area contributed by atoms with Gasteiger partial charge in [0.1, 0.15) is 11.8 Å². The zero-order chi connectivity index (χ0) is 15.3. The highest BCUT2D eigenvalue weighted by atomic mass is 19.4. The van der Waals surface area contributed by atoms with Crippen LogP contribution in [0.2, 0.25) is 0 Å². The van der Waals surface area contributed by atoms with Gasteiger partial charge in [-0.2, -0.15) is 18.4 Å². The Morgan fingerprint density at radius 3 is 2.81 bits per heavy atom. The molecule has 114 valence electrons. The molecule has 1 atom stereocenters. The van der Waals surface area contributed by atoms with Gasteiger partial charge in [-0.1, -0.05) is 0 Å². The SMILES string of the molecule is N#Cc1cc(C(F)(F)F)ccc1OCCC1CCCNC1. The molecule has 1 fully saturated rings. The molecule has 2 rings (SSSR count). The minimum Gasteiger partial charge on any atom is -0.492 e. The molecule has 0 aromatic heterocycles. The largest absolute Gasteiger partial charge is 0.492 e. The Labute approximate surface area is 121 Å². The second-order valence-corrected chi connectivity index (χ2v) is 5.17. The molecule has 0 spiro atoms. The molecule has 1 aromatic carbocycles. The third-order valence-electron chi connectivity index (χ3n) is 3.61. The molecule has 0 radical (unpaired) electrons. The second kappa shape index (κ2) is 6.81. The first kappa shape index (κ1) is 15.6. The summed E-state index contributed by atoms with van der Waals surface area (Å²) in [5.41, 5.74) is -0.908. The monoisotopic (exact) mass is 298 g/mol. The van der Waals surface area contributed by atoms with Crippen LogP contribution < -0.4 is 10.1 Å². The van der Waals surface area contributed by atoms with Crippen LogP contribution >= 0.6 is 0 Å². The summed E-state index contributed by atoms with van der Waals surface area (Å²) in [6.45, 7) is 2.39. The molecule has 1 heterocycles. The summed E-state index contributed by atoms with van der Waals surface area (Å²) in [5.74, 6) is 0.744. The van der Waals surface area contributed by atoms with Gasteiger partial charge in [-0.15, -0.1) is 0 Å². The zero-order valence-corrected chi connectivity index (χ0v) is 11.5. The van der Waals surface area contributed by atoms with Crippen molar-refractivity contribution < 1.29 is 17.9 Å². The van der Waals surface area contributed by atoms with Crippen LogP contribution in [0.5, 0.6) is 5.75 Å². The van der Waals surface area contributed by atoms with Crippen LogP contribution in [0.25, 0.3) is 0 Å². The van der Waals surface area contributed by atoms with Crippen molar-refractivity contribution in [3.05, 3.63) is 29.3 Å². The van der Waals surface area contributed by atoms with Gasteiger partial charge in [0.2, 0.25) is 0 Å². The Kier molecular flexibility index (Phi) is 5.07. The highest BCUT2D eigenvalue weighted by Gasteiger charge is 2.31. The molecular weight excluding hydrogens is 281 g/mol. The molecule has 1 aliphatic rings. The predicted octanol–water partition coefficient (Wildman–Crippen LogP) is 3.35. The summed E-state index contributed by atoms with van der Waals surface area (Å²) in [6.07, 6.45) is -1.35. The van der Waals surface area contributed by atoms with Crippen molar-refractivity contribution in [1.29, 1.82) is 5.26 Å². The first-order valence-corrected chi connectivity index (χ1v) is 6.95. The third kappa shape index (κ3) is 4.36. The number of nitriles is 1. The van der Waals surface area contributed by atoms with Crippen LogP contribution in [0.15, 0.2) is 18.2 Å². The van der Waals surface area contributed by atoms with E-state index in [0.717, 1.165) is 44.5 Å². The average molecular weight is 298 g/mol. The molecular formula is C15H17F3N2O. The van der Waals surface area contributed by atoms with Gasteiger partial charge in [0.25, 0.3) is 0 Å². The average Bonchev–Trinajstić information content (AvgIpc) is 2.47. The minimum absolute atomic E-state index is 0.0772. The zero-order valence-electron chi connectivity index (χ0n) is 11.5. The van der Waals surface area contributed by atoms with Gasteiger partial charge < -0.3 is 10.1 Å². The fourth-order valence-electron chi connectivity index (χ4n) is 2.43. The molecule has 6 heteroatoms. The Balaban J connectivity index is 1.95. The van der Waals surface area contributed by atoms with Gasteiger partial charge in [-0.3, -0.25) is 0 Å².